The molecular formula is C11H13NO2. The van der Waals surface area contributed by atoms with Crippen LogP contribution in [0.2, 0.25) is 0 Å². The first-order valence-electron chi connectivity index (χ1n) is 4.77. The van der Waals surface area contributed by atoms with Crippen LogP contribution < -0.4 is 4.74 Å². The molecule has 3 heteroatoms. The lowest BCUT2D eigenvalue weighted by molar-refractivity contribution is 0.141. The van der Waals surface area contributed by atoms with E-state index in [1.807, 2.05) is 26.0 Å². The van der Waals surface area contributed by atoms with Crippen molar-refractivity contribution in [3.05, 3.63) is 29.3 Å². The lowest BCUT2D eigenvalue weighted by Gasteiger charge is -2.26. The summed E-state index contributed by atoms with van der Waals surface area (Å²) in [6.45, 7) is 5.33. The van der Waals surface area contributed by atoms with Crippen LogP contribution in [0.4, 0.5) is 4.79 Å². The molecule has 1 heterocycles. The molecule has 0 aromatic heterocycles. The van der Waals surface area contributed by atoms with E-state index >= 15 is 0 Å². The van der Waals surface area contributed by atoms with E-state index in [0.29, 0.717) is 18.8 Å². The van der Waals surface area contributed by atoms with Gasteiger partial charge in [-0.15, -0.1) is 0 Å². The minimum absolute atomic E-state index is 0.246. The van der Waals surface area contributed by atoms with Crippen LogP contribution in [-0.4, -0.2) is 17.5 Å². The third-order valence-electron chi connectivity index (χ3n) is 2.41. The van der Waals surface area contributed by atoms with E-state index in [4.69, 9.17) is 4.74 Å². The molecule has 0 aliphatic carbocycles. The SMILES string of the molecule is CCN1Cc2cc(C)ccc2OC1=O. The van der Waals surface area contributed by atoms with Crippen molar-refractivity contribution in [3.63, 3.8) is 0 Å². The molecule has 0 fully saturated rings. The van der Waals surface area contributed by atoms with Gasteiger partial charge in [-0.25, -0.2) is 4.79 Å². The fourth-order valence-corrected chi connectivity index (χ4v) is 1.60. The number of ether oxygens (including phenoxy) is 1. The largest absolute Gasteiger partial charge is 0.415 e. The molecule has 1 aliphatic rings. The van der Waals surface area contributed by atoms with Gasteiger partial charge in [0, 0.05) is 12.1 Å². The van der Waals surface area contributed by atoms with Gasteiger partial charge in [-0.05, 0) is 19.9 Å². The highest BCUT2D eigenvalue weighted by Gasteiger charge is 2.22. The monoisotopic (exact) mass is 191 g/mol. The van der Waals surface area contributed by atoms with E-state index in [-0.39, 0.29) is 6.09 Å². The Bertz CT molecular complexity index is 374. The van der Waals surface area contributed by atoms with Crippen LogP contribution in [0.25, 0.3) is 0 Å². The number of carbonyl (C=O) groups is 1. The maximum atomic E-state index is 11.4. The van der Waals surface area contributed by atoms with Crippen LogP contribution in [0.1, 0.15) is 18.1 Å². The molecule has 1 aromatic rings. The van der Waals surface area contributed by atoms with Gasteiger partial charge in [0.25, 0.3) is 0 Å². The van der Waals surface area contributed by atoms with Crippen molar-refractivity contribution < 1.29 is 9.53 Å². The van der Waals surface area contributed by atoms with Crippen molar-refractivity contribution in [3.8, 4) is 5.75 Å². The van der Waals surface area contributed by atoms with Gasteiger partial charge in [-0.1, -0.05) is 17.7 Å². The maximum absolute atomic E-state index is 11.4. The summed E-state index contributed by atoms with van der Waals surface area (Å²) in [7, 11) is 0. The summed E-state index contributed by atoms with van der Waals surface area (Å²) < 4.78 is 5.18. The van der Waals surface area contributed by atoms with Gasteiger partial charge in [0.05, 0.1) is 6.54 Å². The number of rotatable bonds is 1. The fourth-order valence-electron chi connectivity index (χ4n) is 1.60. The van der Waals surface area contributed by atoms with E-state index in [0.717, 1.165) is 5.56 Å². The summed E-state index contributed by atoms with van der Waals surface area (Å²) >= 11 is 0. The summed E-state index contributed by atoms with van der Waals surface area (Å²) in [5.74, 6) is 0.699. The molecule has 0 bridgehead atoms. The number of benzene rings is 1. The van der Waals surface area contributed by atoms with Crippen LogP contribution in [0.3, 0.4) is 0 Å². The standard InChI is InChI=1S/C11H13NO2/c1-3-12-7-9-6-8(2)4-5-10(9)14-11(12)13/h4-6H,3,7H2,1-2H3. The molecule has 0 radical (unpaired) electrons. The number of hydrogen-bond acceptors (Lipinski definition) is 2. The first kappa shape index (κ1) is 9.06. The number of hydrogen-bond donors (Lipinski definition) is 0. The van der Waals surface area contributed by atoms with Crippen molar-refractivity contribution in [2.45, 2.75) is 20.4 Å². The predicted molar refractivity (Wildman–Crippen MR) is 53.3 cm³/mol. The van der Waals surface area contributed by atoms with E-state index in [2.05, 4.69) is 6.07 Å². The van der Waals surface area contributed by atoms with Crippen LogP contribution in [0.5, 0.6) is 5.75 Å². The van der Waals surface area contributed by atoms with Crippen LogP contribution in [0, 0.1) is 6.92 Å². The Balaban J connectivity index is 2.36. The van der Waals surface area contributed by atoms with Gasteiger partial charge in [-0.2, -0.15) is 0 Å². The van der Waals surface area contributed by atoms with Crippen molar-refractivity contribution >= 4 is 6.09 Å². The minimum atomic E-state index is -0.246. The highest BCUT2D eigenvalue weighted by Crippen LogP contribution is 2.26. The lowest BCUT2D eigenvalue weighted by atomic mass is 10.1. The maximum Gasteiger partial charge on any atom is 0.415 e. The average Bonchev–Trinajstić information content (AvgIpc) is 2.17. The van der Waals surface area contributed by atoms with E-state index in [1.54, 1.807) is 4.90 Å². The molecule has 1 aromatic carbocycles. The molecule has 1 amide bonds. The summed E-state index contributed by atoms with van der Waals surface area (Å²) in [4.78, 5) is 13.1. The number of amides is 1. The van der Waals surface area contributed by atoms with Gasteiger partial charge in [0.15, 0.2) is 0 Å². The Hall–Kier alpha value is -1.51. The fraction of sp³-hybridized carbons (Fsp3) is 0.364. The molecule has 2 rings (SSSR count). The Morgan fingerprint density at radius 3 is 3.00 bits per heavy atom. The summed E-state index contributed by atoms with van der Waals surface area (Å²) in [6, 6.07) is 5.87. The normalized spacial score (nSPS) is 15.0. The first-order chi connectivity index (χ1) is 6.70. The second kappa shape index (κ2) is 3.33. The number of fused-ring (bicyclic) bond motifs is 1. The van der Waals surface area contributed by atoms with Crippen LogP contribution >= 0.6 is 0 Å². The third kappa shape index (κ3) is 1.45. The third-order valence-corrected chi connectivity index (χ3v) is 2.41. The van der Waals surface area contributed by atoms with Crippen molar-refractivity contribution in [1.29, 1.82) is 0 Å². The zero-order valence-electron chi connectivity index (χ0n) is 8.41. The molecule has 0 saturated carbocycles. The molecule has 0 saturated heterocycles. The van der Waals surface area contributed by atoms with Gasteiger partial charge in [0.1, 0.15) is 5.75 Å². The Morgan fingerprint density at radius 2 is 2.29 bits per heavy atom. The first-order valence-corrected chi connectivity index (χ1v) is 4.77. The Kier molecular flexibility index (Phi) is 2.15. The van der Waals surface area contributed by atoms with Crippen molar-refractivity contribution in [2.75, 3.05) is 6.54 Å². The molecule has 0 atom stereocenters. The zero-order valence-corrected chi connectivity index (χ0v) is 8.41. The predicted octanol–water partition coefficient (Wildman–Crippen LogP) is 2.33. The Morgan fingerprint density at radius 1 is 1.50 bits per heavy atom. The molecular weight excluding hydrogens is 178 g/mol. The quantitative estimate of drug-likeness (QED) is 0.681. The lowest BCUT2D eigenvalue weighted by Crippen LogP contribution is -2.36. The topological polar surface area (TPSA) is 29.5 Å². The van der Waals surface area contributed by atoms with Gasteiger partial charge < -0.3 is 9.64 Å². The number of carbonyl (C=O) groups excluding carboxylic acids is 1. The summed E-state index contributed by atoms with van der Waals surface area (Å²) in [5.41, 5.74) is 2.28. The van der Waals surface area contributed by atoms with Gasteiger partial charge >= 0.3 is 6.09 Å². The Labute approximate surface area is 83.3 Å². The molecule has 0 unspecified atom stereocenters. The highest BCUT2D eigenvalue weighted by molar-refractivity contribution is 5.73. The molecule has 1 aliphatic heterocycles. The summed E-state index contributed by atoms with van der Waals surface area (Å²) in [5, 5.41) is 0. The number of nitrogens with zero attached hydrogens (tertiary/aromatic N) is 1. The van der Waals surface area contributed by atoms with E-state index < -0.39 is 0 Å². The molecule has 3 nitrogen and oxygen atoms in total. The smallest absolute Gasteiger partial charge is 0.410 e. The number of aryl methyl sites for hydroxylation is 1. The van der Waals surface area contributed by atoms with E-state index in [1.165, 1.54) is 5.56 Å². The molecule has 0 N–H and O–H groups in total. The van der Waals surface area contributed by atoms with E-state index in [9.17, 15) is 4.79 Å². The molecule has 14 heavy (non-hydrogen) atoms. The second-order valence-corrected chi connectivity index (χ2v) is 3.49. The second-order valence-electron chi connectivity index (χ2n) is 3.49. The van der Waals surface area contributed by atoms with Crippen molar-refractivity contribution in [2.24, 2.45) is 0 Å². The highest BCUT2D eigenvalue weighted by atomic mass is 16.6. The van der Waals surface area contributed by atoms with Crippen LogP contribution in [-0.2, 0) is 6.54 Å². The van der Waals surface area contributed by atoms with Crippen LogP contribution in [0.15, 0.2) is 18.2 Å². The molecule has 74 valence electrons. The van der Waals surface area contributed by atoms with Gasteiger partial charge in [0.2, 0.25) is 0 Å². The molecule has 0 spiro atoms. The minimum Gasteiger partial charge on any atom is -0.410 e. The zero-order chi connectivity index (χ0) is 10.1. The van der Waals surface area contributed by atoms with Gasteiger partial charge in [-0.3, -0.25) is 0 Å². The van der Waals surface area contributed by atoms with Crippen molar-refractivity contribution in [1.82, 2.24) is 4.90 Å². The summed E-state index contributed by atoms with van der Waals surface area (Å²) in [6.07, 6.45) is -0.246. The average molecular weight is 191 g/mol.